The predicted molar refractivity (Wildman–Crippen MR) is 62.8 cm³/mol. The number of ketones is 1. The van der Waals surface area contributed by atoms with Gasteiger partial charge in [0.25, 0.3) is 0 Å². The maximum atomic E-state index is 11.6. The third kappa shape index (κ3) is 3.28. The van der Waals surface area contributed by atoms with Gasteiger partial charge in [0.1, 0.15) is 5.78 Å². The van der Waals surface area contributed by atoms with Crippen LogP contribution in [-0.2, 0) is 4.79 Å². The van der Waals surface area contributed by atoms with E-state index in [2.05, 4.69) is 18.7 Å². The second-order valence-corrected chi connectivity index (χ2v) is 5.32. The Morgan fingerprint density at radius 1 is 1.64 bits per heavy atom. The molecular weight excluding hydrogens is 194 g/mol. The summed E-state index contributed by atoms with van der Waals surface area (Å²) in [5, 5.41) is 0. The number of carbonyl (C=O) groups is 1. The Kier molecular flexibility index (Phi) is 4.96. The molecule has 0 aromatic carbocycles. The van der Waals surface area contributed by atoms with Crippen molar-refractivity contribution in [1.29, 1.82) is 0 Å². The van der Waals surface area contributed by atoms with Gasteiger partial charge in [-0.2, -0.15) is 11.8 Å². The van der Waals surface area contributed by atoms with Crippen LogP contribution in [0.1, 0.15) is 27.2 Å². The summed E-state index contributed by atoms with van der Waals surface area (Å²) in [6.07, 6.45) is 0.666. The summed E-state index contributed by atoms with van der Waals surface area (Å²) in [5.41, 5.74) is 0. The lowest BCUT2D eigenvalue weighted by Gasteiger charge is -2.27. The molecule has 0 saturated carbocycles. The van der Waals surface area contributed by atoms with Crippen LogP contribution in [0.4, 0.5) is 0 Å². The van der Waals surface area contributed by atoms with Crippen LogP contribution in [0.2, 0.25) is 0 Å². The third-order valence-electron chi connectivity index (χ3n) is 2.83. The SMILES string of the molecule is CCC(=O)C(C)N1CCSCC(C)C1. The molecule has 1 fully saturated rings. The van der Waals surface area contributed by atoms with E-state index in [-0.39, 0.29) is 6.04 Å². The van der Waals surface area contributed by atoms with Crippen LogP contribution in [0.25, 0.3) is 0 Å². The standard InChI is InChI=1S/C11H21NOS/c1-4-11(13)10(3)12-5-6-14-8-9(2)7-12/h9-10H,4-8H2,1-3H3. The van der Waals surface area contributed by atoms with Crippen molar-refractivity contribution in [2.45, 2.75) is 33.2 Å². The van der Waals surface area contributed by atoms with Gasteiger partial charge in [-0.25, -0.2) is 0 Å². The van der Waals surface area contributed by atoms with Crippen LogP contribution in [0.3, 0.4) is 0 Å². The molecule has 0 aliphatic carbocycles. The predicted octanol–water partition coefficient (Wildman–Crippen LogP) is 2.04. The first-order valence-corrected chi connectivity index (χ1v) is 6.65. The molecule has 2 unspecified atom stereocenters. The fourth-order valence-corrected chi connectivity index (χ4v) is 2.90. The normalized spacial score (nSPS) is 26.9. The van der Waals surface area contributed by atoms with Gasteiger partial charge in [0, 0.05) is 25.3 Å². The second kappa shape index (κ2) is 5.76. The molecule has 0 N–H and O–H groups in total. The van der Waals surface area contributed by atoms with Crippen molar-refractivity contribution in [2.24, 2.45) is 5.92 Å². The van der Waals surface area contributed by atoms with Crippen LogP contribution in [0.15, 0.2) is 0 Å². The van der Waals surface area contributed by atoms with Crippen LogP contribution >= 0.6 is 11.8 Å². The van der Waals surface area contributed by atoms with Crippen LogP contribution in [0, 0.1) is 5.92 Å². The molecule has 1 saturated heterocycles. The number of carbonyl (C=O) groups excluding carboxylic acids is 1. The Hall–Kier alpha value is -0.0200. The highest BCUT2D eigenvalue weighted by Gasteiger charge is 2.23. The molecule has 0 amide bonds. The Morgan fingerprint density at radius 3 is 3.00 bits per heavy atom. The first-order chi connectivity index (χ1) is 6.65. The molecule has 1 aliphatic heterocycles. The quantitative estimate of drug-likeness (QED) is 0.718. The summed E-state index contributed by atoms with van der Waals surface area (Å²) in [5.74, 6) is 3.51. The molecule has 1 heterocycles. The van der Waals surface area contributed by atoms with Crippen molar-refractivity contribution in [2.75, 3.05) is 24.6 Å². The molecule has 82 valence electrons. The highest BCUT2D eigenvalue weighted by molar-refractivity contribution is 7.99. The molecule has 0 spiro atoms. The summed E-state index contributed by atoms with van der Waals surface area (Å²) in [4.78, 5) is 13.9. The van der Waals surface area contributed by atoms with E-state index in [4.69, 9.17) is 0 Å². The number of thioether (sulfide) groups is 1. The average Bonchev–Trinajstić information content (AvgIpc) is 2.40. The topological polar surface area (TPSA) is 20.3 Å². The summed E-state index contributed by atoms with van der Waals surface area (Å²) < 4.78 is 0. The Balaban J connectivity index is 2.52. The molecule has 2 atom stereocenters. The highest BCUT2D eigenvalue weighted by atomic mass is 32.2. The molecule has 14 heavy (non-hydrogen) atoms. The largest absolute Gasteiger partial charge is 0.298 e. The van der Waals surface area contributed by atoms with Crippen molar-refractivity contribution in [1.82, 2.24) is 4.90 Å². The van der Waals surface area contributed by atoms with E-state index in [1.54, 1.807) is 0 Å². The Labute approximate surface area is 91.4 Å². The minimum absolute atomic E-state index is 0.126. The number of Topliss-reactive ketones (excluding diaryl/α,β-unsaturated/α-hetero) is 1. The van der Waals surface area contributed by atoms with Crippen molar-refractivity contribution in [3.05, 3.63) is 0 Å². The van der Waals surface area contributed by atoms with Gasteiger partial charge in [-0.3, -0.25) is 9.69 Å². The van der Waals surface area contributed by atoms with Gasteiger partial charge < -0.3 is 0 Å². The van der Waals surface area contributed by atoms with E-state index in [1.807, 2.05) is 18.7 Å². The minimum atomic E-state index is 0.126. The molecule has 0 aromatic rings. The van der Waals surface area contributed by atoms with Gasteiger partial charge in [0.05, 0.1) is 6.04 Å². The molecule has 1 aliphatic rings. The van der Waals surface area contributed by atoms with E-state index in [1.165, 1.54) is 11.5 Å². The molecular formula is C11H21NOS. The molecule has 3 heteroatoms. The van der Waals surface area contributed by atoms with Crippen LogP contribution in [0.5, 0.6) is 0 Å². The first-order valence-electron chi connectivity index (χ1n) is 5.49. The van der Waals surface area contributed by atoms with Gasteiger partial charge in [0.15, 0.2) is 0 Å². The van der Waals surface area contributed by atoms with E-state index >= 15 is 0 Å². The summed E-state index contributed by atoms with van der Waals surface area (Å²) in [6.45, 7) is 8.43. The third-order valence-corrected chi connectivity index (χ3v) is 4.11. The van der Waals surface area contributed by atoms with Crippen molar-refractivity contribution >= 4 is 17.5 Å². The summed E-state index contributed by atoms with van der Waals surface area (Å²) in [6, 6.07) is 0.126. The highest BCUT2D eigenvalue weighted by Crippen LogP contribution is 2.17. The zero-order valence-electron chi connectivity index (χ0n) is 9.45. The average molecular weight is 215 g/mol. The van der Waals surface area contributed by atoms with Crippen LogP contribution < -0.4 is 0 Å². The molecule has 2 nitrogen and oxygen atoms in total. The van der Waals surface area contributed by atoms with E-state index in [0.717, 1.165) is 19.0 Å². The number of nitrogens with zero attached hydrogens (tertiary/aromatic N) is 1. The zero-order chi connectivity index (χ0) is 10.6. The summed E-state index contributed by atoms with van der Waals surface area (Å²) in [7, 11) is 0. The lowest BCUT2D eigenvalue weighted by molar-refractivity contribution is -0.123. The van der Waals surface area contributed by atoms with Crippen LogP contribution in [-0.4, -0.2) is 41.3 Å². The second-order valence-electron chi connectivity index (χ2n) is 4.17. The summed E-state index contributed by atoms with van der Waals surface area (Å²) >= 11 is 2.01. The monoisotopic (exact) mass is 215 g/mol. The fraction of sp³-hybridized carbons (Fsp3) is 0.909. The van der Waals surface area contributed by atoms with E-state index < -0.39 is 0 Å². The minimum Gasteiger partial charge on any atom is -0.298 e. The molecule has 0 aromatic heterocycles. The zero-order valence-corrected chi connectivity index (χ0v) is 10.3. The van der Waals surface area contributed by atoms with Crippen molar-refractivity contribution < 1.29 is 4.79 Å². The Morgan fingerprint density at radius 2 is 2.36 bits per heavy atom. The molecule has 1 rings (SSSR count). The number of rotatable bonds is 3. The molecule has 0 bridgehead atoms. The van der Waals surface area contributed by atoms with Crippen molar-refractivity contribution in [3.8, 4) is 0 Å². The van der Waals surface area contributed by atoms with Gasteiger partial charge >= 0.3 is 0 Å². The first kappa shape index (κ1) is 12.1. The lowest BCUT2D eigenvalue weighted by Crippen LogP contribution is -2.41. The van der Waals surface area contributed by atoms with Gasteiger partial charge in [-0.15, -0.1) is 0 Å². The van der Waals surface area contributed by atoms with Gasteiger partial charge in [0.2, 0.25) is 0 Å². The van der Waals surface area contributed by atoms with Gasteiger partial charge in [-0.05, 0) is 18.6 Å². The Bertz CT molecular complexity index is 196. The maximum Gasteiger partial charge on any atom is 0.149 e. The van der Waals surface area contributed by atoms with Gasteiger partial charge in [-0.1, -0.05) is 13.8 Å². The lowest BCUT2D eigenvalue weighted by atomic mass is 10.1. The number of hydrogen-bond donors (Lipinski definition) is 0. The maximum absolute atomic E-state index is 11.6. The number of hydrogen-bond acceptors (Lipinski definition) is 3. The van der Waals surface area contributed by atoms with E-state index in [9.17, 15) is 4.79 Å². The van der Waals surface area contributed by atoms with E-state index in [0.29, 0.717) is 12.2 Å². The molecule has 0 radical (unpaired) electrons. The van der Waals surface area contributed by atoms with Crippen molar-refractivity contribution in [3.63, 3.8) is 0 Å². The fourth-order valence-electron chi connectivity index (χ4n) is 1.86. The smallest absolute Gasteiger partial charge is 0.149 e.